The second-order valence-corrected chi connectivity index (χ2v) is 7.14. The molecule has 0 aliphatic carbocycles. The number of amides is 1. The Morgan fingerprint density at radius 2 is 1.96 bits per heavy atom. The molecule has 2 heterocycles. The lowest BCUT2D eigenvalue weighted by molar-refractivity contribution is 0.0820. The van der Waals surface area contributed by atoms with Gasteiger partial charge in [0.15, 0.2) is 0 Å². The maximum absolute atomic E-state index is 12.7. The van der Waals surface area contributed by atoms with Gasteiger partial charge < -0.3 is 9.64 Å². The van der Waals surface area contributed by atoms with E-state index in [0.29, 0.717) is 13.2 Å². The Bertz CT molecular complexity index is 768. The average molecular weight is 355 g/mol. The SMILES string of the molecule is CCCCCOC(=O)N1CC(c2cnn(C)c2C)c2ccccc2C1C. The second-order valence-electron chi connectivity index (χ2n) is 7.14. The molecule has 0 N–H and O–H groups in total. The smallest absolute Gasteiger partial charge is 0.410 e. The fraction of sp³-hybridized carbons (Fsp3) is 0.524. The lowest BCUT2D eigenvalue weighted by atomic mass is 9.82. The highest BCUT2D eigenvalue weighted by Gasteiger charge is 2.35. The van der Waals surface area contributed by atoms with Gasteiger partial charge in [-0.2, -0.15) is 5.10 Å². The summed E-state index contributed by atoms with van der Waals surface area (Å²) in [5.74, 6) is 0.124. The Labute approximate surface area is 156 Å². The number of carbonyl (C=O) groups excluding carboxylic acids is 1. The van der Waals surface area contributed by atoms with Crippen LogP contribution in [0, 0.1) is 6.92 Å². The number of ether oxygens (including phenoxy) is 1. The van der Waals surface area contributed by atoms with Crippen molar-refractivity contribution in [3.05, 3.63) is 52.8 Å². The molecule has 1 aliphatic rings. The van der Waals surface area contributed by atoms with Crippen molar-refractivity contribution in [2.75, 3.05) is 13.2 Å². The van der Waals surface area contributed by atoms with E-state index in [9.17, 15) is 4.79 Å². The number of aromatic nitrogens is 2. The molecule has 5 nitrogen and oxygen atoms in total. The lowest BCUT2D eigenvalue weighted by Gasteiger charge is -2.39. The molecule has 0 radical (unpaired) electrons. The summed E-state index contributed by atoms with van der Waals surface area (Å²) in [6, 6.07) is 8.42. The van der Waals surface area contributed by atoms with E-state index in [1.54, 1.807) is 0 Å². The number of rotatable bonds is 5. The molecule has 0 spiro atoms. The summed E-state index contributed by atoms with van der Waals surface area (Å²) in [6.45, 7) is 7.42. The minimum atomic E-state index is -0.213. The highest BCUT2D eigenvalue weighted by atomic mass is 16.6. The molecule has 26 heavy (non-hydrogen) atoms. The van der Waals surface area contributed by atoms with Gasteiger partial charge in [0.1, 0.15) is 0 Å². The second kappa shape index (κ2) is 7.94. The zero-order chi connectivity index (χ0) is 18.7. The molecule has 1 aliphatic heterocycles. The Kier molecular flexibility index (Phi) is 5.64. The van der Waals surface area contributed by atoms with Crippen LogP contribution in [0.4, 0.5) is 4.79 Å². The molecule has 0 saturated carbocycles. The average Bonchev–Trinajstić information content (AvgIpc) is 2.98. The third-order valence-electron chi connectivity index (χ3n) is 5.52. The van der Waals surface area contributed by atoms with Gasteiger partial charge in [-0.1, -0.05) is 44.0 Å². The van der Waals surface area contributed by atoms with Crippen LogP contribution in [0.3, 0.4) is 0 Å². The van der Waals surface area contributed by atoms with Crippen LogP contribution < -0.4 is 0 Å². The van der Waals surface area contributed by atoms with Crippen molar-refractivity contribution < 1.29 is 9.53 Å². The van der Waals surface area contributed by atoms with E-state index in [1.165, 1.54) is 16.7 Å². The number of nitrogens with zero attached hydrogens (tertiary/aromatic N) is 3. The van der Waals surface area contributed by atoms with Crippen molar-refractivity contribution in [1.29, 1.82) is 0 Å². The molecular weight excluding hydrogens is 326 g/mol. The van der Waals surface area contributed by atoms with Gasteiger partial charge in [-0.05, 0) is 31.4 Å². The predicted octanol–water partition coefficient (Wildman–Crippen LogP) is 4.56. The first kappa shape index (κ1) is 18.5. The molecule has 3 rings (SSSR count). The number of benzene rings is 1. The van der Waals surface area contributed by atoms with Gasteiger partial charge in [0, 0.05) is 30.8 Å². The van der Waals surface area contributed by atoms with Gasteiger partial charge in [0.05, 0.1) is 18.8 Å². The molecular formula is C21H29N3O2. The summed E-state index contributed by atoms with van der Waals surface area (Å²) >= 11 is 0. The van der Waals surface area contributed by atoms with Crippen molar-refractivity contribution in [3.8, 4) is 0 Å². The van der Waals surface area contributed by atoms with Gasteiger partial charge in [-0.15, -0.1) is 0 Å². The number of fused-ring (bicyclic) bond motifs is 1. The van der Waals surface area contributed by atoms with Crippen LogP contribution in [0.5, 0.6) is 0 Å². The fourth-order valence-electron chi connectivity index (χ4n) is 3.78. The monoisotopic (exact) mass is 355 g/mol. The largest absolute Gasteiger partial charge is 0.449 e. The summed E-state index contributed by atoms with van der Waals surface area (Å²) in [4.78, 5) is 14.6. The molecule has 140 valence electrons. The zero-order valence-corrected chi connectivity index (χ0v) is 16.2. The van der Waals surface area contributed by atoms with Crippen LogP contribution in [0.1, 0.15) is 67.5 Å². The summed E-state index contributed by atoms with van der Waals surface area (Å²) in [5, 5.41) is 4.41. The van der Waals surface area contributed by atoms with Gasteiger partial charge in [-0.25, -0.2) is 4.79 Å². The Morgan fingerprint density at radius 3 is 2.62 bits per heavy atom. The lowest BCUT2D eigenvalue weighted by Crippen LogP contribution is -2.41. The topological polar surface area (TPSA) is 47.4 Å². The van der Waals surface area contributed by atoms with E-state index in [2.05, 4.69) is 44.1 Å². The first-order chi connectivity index (χ1) is 12.5. The summed E-state index contributed by atoms with van der Waals surface area (Å²) in [6.07, 6.45) is 4.84. The summed E-state index contributed by atoms with van der Waals surface area (Å²) < 4.78 is 7.45. The van der Waals surface area contributed by atoms with Crippen LogP contribution in [0.25, 0.3) is 0 Å². The number of aryl methyl sites for hydroxylation is 1. The van der Waals surface area contributed by atoms with Crippen molar-refractivity contribution in [1.82, 2.24) is 14.7 Å². The standard InChI is InChI=1S/C21H29N3O2/c1-5-6-9-12-26-21(25)24-14-20(19-13-22-23(4)15(19)2)18-11-8-7-10-17(18)16(24)3/h7-8,10-11,13,16,20H,5-6,9,12,14H2,1-4H3. The predicted molar refractivity (Wildman–Crippen MR) is 102 cm³/mol. The van der Waals surface area contributed by atoms with Crippen molar-refractivity contribution in [2.24, 2.45) is 7.05 Å². The maximum atomic E-state index is 12.7. The number of carbonyl (C=O) groups is 1. The highest BCUT2D eigenvalue weighted by molar-refractivity contribution is 5.69. The van der Waals surface area contributed by atoms with Crippen LogP contribution in [0.15, 0.2) is 30.5 Å². The van der Waals surface area contributed by atoms with E-state index in [4.69, 9.17) is 4.74 Å². The first-order valence-corrected chi connectivity index (χ1v) is 9.55. The van der Waals surface area contributed by atoms with E-state index in [-0.39, 0.29) is 18.1 Å². The van der Waals surface area contributed by atoms with E-state index < -0.39 is 0 Å². The van der Waals surface area contributed by atoms with E-state index in [0.717, 1.165) is 25.0 Å². The highest BCUT2D eigenvalue weighted by Crippen LogP contribution is 2.40. The molecule has 1 amide bonds. The van der Waals surface area contributed by atoms with Crippen molar-refractivity contribution in [2.45, 2.75) is 52.0 Å². The number of hydrogen-bond acceptors (Lipinski definition) is 3. The Morgan fingerprint density at radius 1 is 1.23 bits per heavy atom. The van der Waals surface area contributed by atoms with E-state index >= 15 is 0 Å². The van der Waals surface area contributed by atoms with Crippen molar-refractivity contribution in [3.63, 3.8) is 0 Å². The molecule has 0 bridgehead atoms. The minimum Gasteiger partial charge on any atom is -0.449 e. The normalized spacial score (nSPS) is 19.3. The zero-order valence-electron chi connectivity index (χ0n) is 16.2. The molecule has 1 aromatic heterocycles. The van der Waals surface area contributed by atoms with Gasteiger partial charge >= 0.3 is 6.09 Å². The third kappa shape index (κ3) is 3.48. The fourth-order valence-corrected chi connectivity index (χ4v) is 3.78. The molecule has 0 saturated heterocycles. The number of unbranched alkanes of at least 4 members (excludes halogenated alkanes) is 2. The van der Waals surface area contributed by atoms with Gasteiger partial charge in [0.25, 0.3) is 0 Å². The molecule has 2 unspecified atom stereocenters. The molecule has 2 atom stereocenters. The molecule has 1 aromatic carbocycles. The molecule has 2 aromatic rings. The maximum Gasteiger partial charge on any atom is 0.410 e. The van der Waals surface area contributed by atoms with Crippen LogP contribution in [-0.4, -0.2) is 33.9 Å². The molecule has 0 fully saturated rings. The van der Waals surface area contributed by atoms with Crippen LogP contribution in [-0.2, 0) is 11.8 Å². The summed E-state index contributed by atoms with van der Waals surface area (Å²) in [5.41, 5.74) is 4.79. The Hall–Kier alpha value is -2.30. The minimum absolute atomic E-state index is 0.0121. The van der Waals surface area contributed by atoms with Gasteiger partial charge in [0.2, 0.25) is 0 Å². The van der Waals surface area contributed by atoms with Crippen molar-refractivity contribution >= 4 is 6.09 Å². The first-order valence-electron chi connectivity index (χ1n) is 9.55. The number of hydrogen-bond donors (Lipinski definition) is 0. The Balaban J connectivity index is 1.88. The van der Waals surface area contributed by atoms with Gasteiger partial charge in [-0.3, -0.25) is 4.68 Å². The van der Waals surface area contributed by atoms with E-state index in [1.807, 2.05) is 28.9 Å². The molecule has 5 heteroatoms. The summed E-state index contributed by atoms with van der Waals surface area (Å²) in [7, 11) is 1.95. The quantitative estimate of drug-likeness (QED) is 0.739. The third-order valence-corrected chi connectivity index (χ3v) is 5.52. The van der Waals surface area contributed by atoms with Crippen LogP contribution in [0.2, 0.25) is 0 Å². The van der Waals surface area contributed by atoms with Crippen LogP contribution >= 0.6 is 0 Å².